The highest BCUT2D eigenvalue weighted by Gasteiger charge is 2.01. The van der Waals surface area contributed by atoms with Gasteiger partial charge in [-0.25, -0.2) is 0 Å². The van der Waals surface area contributed by atoms with Crippen molar-refractivity contribution in [2.45, 2.75) is 63.3 Å². The minimum Gasteiger partial charge on any atom is -0.313 e. The molecule has 19 heavy (non-hydrogen) atoms. The lowest BCUT2D eigenvalue weighted by atomic mass is 10.1. The zero-order chi connectivity index (χ0) is 13.9. The molecule has 0 amide bonds. The van der Waals surface area contributed by atoms with Crippen LogP contribution in [0.5, 0.6) is 0 Å². The normalized spacial score (nSPS) is 12.6. The molecule has 2 heteroatoms. The van der Waals surface area contributed by atoms with E-state index < -0.39 is 0 Å². The zero-order valence-electron chi connectivity index (χ0n) is 12.7. The van der Waals surface area contributed by atoms with Gasteiger partial charge in [0, 0.05) is 10.9 Å². The molecule has 0 aliphatic rings. The van der Waals surface area contributed by atoms with E-state index in [9.17, 15) is 0 Å². The summed E-state index contributed by atoms with van der Waals surface area (Å²) in [4.78, 5) is 1.40. The van der Waals surface area contributed by atoms with Crippen LogP contribution in [0.15, 0.2) is 29.2 Å². The quantitative estimate of drug-likeness (QED) is 0.453. The second-order valence-corrected chi connectivity index (χ2v) is 6.36. The third-order valence-corrected chi connectivity index (χ3v) is 4.68. The molecule has 0 saturated heterocycles. The molecule has 1 rings (SSSR count). The van der Waals surface area contributed by atoms with Gasteiger partial charge in [0.15, 0.2) is 0 Å². The van der Waals surface area contributed by atoms with Crippen LogP contribution in [0.1, 0.15) is 64.0 Å². The van der Waals surface area contributed by atoms with Crippen LogP contribution in [0.3, 0.4) is 0 Å². The van der Waals surface area contributed by atoms with Crippen LogP contribution in [0.25, 0.3) is 0 Å². The van der Waals surface area contributed by atoms with E-state index in [0.29, 0.717) is 6.04 Å². The summed E-state index contributed by atoms with van der Waals surface area (Å²) in [7, 11) is 2.01. The second-order valence-electron chi connectivity index (χ2n) is 5.20. The number of rotatable bonds is 10. The summed E-state index contributed by atoms with van der Waals surface area (Å²) >= 11 is 1.99. The van der Waals surface area contributed by atoms with E-state index >= 15 is 0 Å². The van der Waals surface area contributed by atoms with Gasteiger partial charge in [-0.1, -0.05) is 51.2 Å². The van der Waals surface area contributed by atoms with Crippen LogP contribution in [0.2, 0.25) is 0 Å². The Morgan fingerprint density at radius 1 is 1.00 bits per heavy atom. The van der Waals surface area contributed by atoms with E-state index in [0.717, 1.165) is 0 Å². The molecule has 0 radical (unpaired) electrons. The molecule has 1 unspecified atom stereocenters. The summed E-state index contributed by atoms with van der Waals surface area (Å²) < 4.78 is 0. The predicted molar refractivity (Wildman–Crippen MR) is 88.0 cm³/mol. The number of nitrogens with one attached hydrogen (secondary N) is 1. The first kappa shape index (κ1) is 16.6. The maximum absolute atomic E-state index is 3.27. The van der Waals surface area contributed by atoms with E-state index in [1.165, 1.54) is 54.7 Å². The minimum absolute atomic E-state index is 0.442. The Bertz CT molecular complexity index is 321. The molecular formula is C17H29NS. The molecule has 0 bridgehead atoms. The molecule has 1 aromatic rings. The Balaban J connectivity index is 2.16. The van der Waals surface area contributed by atoms with Crippen molar-refractivity contribution < 1.29 is 0 Å². The van der Waals surface area contributed by atoms with Crippen LogP contribution < -0.4 is 5.32 Å². The van der Waals surface area contributed by atoms with Gasteiger partial charge in [0.25, 0.3) is 0 Å². The van der Waals surface area contributed by atoms with E-state index in [2.05, 4.69) is 43.4 Å². The molecule has 1 atom stereocenters. The summed E-state index contributed by atoms with van der Waals surface area (Å²) in [5.41, 5.74) is 1.37. The van der Waals surface area contributed by atoms with Crippen molar-refractivity contribution in [1.29, 1.82) is 0 Å². The van der Waals surface area contributed by atoms with E-state index in [4.69, 9.17) is 0 Å². The molecule has 1 N–H and O–H groups in total. The number of hydrogen-bond donors (Lipinski definition) is 1. The van der Waals surface area contributed by atoms with Crippen molar-refractivity contribution in [2.24, 2.45) is 0 Å². The molecule has 0 aliphatic heterocycles. The first-order chi connectivity index (χ1) is 9.27. The lowest BCUT2D eigenvalue weighted by Gasteiger charge is -2.11. The summed E-state index contributed by atoms with van der Waals surface area (Å²) in [6.07, 6.45) is 8.31. The molecule has 0 heterocycles. The van der Waals surface area contributed by atoms with Gasteiger partial charge >= 0.3 is 0 Å². The Labute approximate surface area is 123 Å². The molecule has 108 valence electrons. The fourth-order valence-electron chi connectivity index (χ4n) is 2.09. The molecule has 0 fully saturated rings. The Hall–Kier alpha value is -0.470. The van der Waals surface area contributed by atoms with Gasteiger partial charge in [0.1, 0.15) is 0 Å². The average Bonchev–Trinajstić information content (AvgIpc) is 2.46. The molecule has 1 aromatic carbocycles. The van der Waals surface area contributed by atoms with Crippen molar-refractivity contribution in [3.05, 3.63) is 29.8 Å². The number of hydrogen-bond acceptors (Lipinski definition) is 2. The van der Waals surface area contributed by atoms with Crippen LogP contribution in [0, 0.1) is 0 Å². The summed E-state index contributed by atoms with van der Waals surface area (Å²) in [6, 6.07) is 9.43. The lowest BCUT2D eigenvalue weighted by molar-refractivity contribution is 0.627. The Morgan fingerprint density at radius 3 is 2.26 bits per heavy atom. The third kappa shape index (κ3) is 7.03. The van der Waals surface area contributed by atoms with Crippen LogP contribution in [-0.2, 0) is 0 Å². The lowest BCUT2D eigenvalue weighted by Crippen LogP contribution is -2.11. The summed E-state index contributed by atoms with van der Waals surface area (Å²) in [6.45, 7) is 4.47. The average molecular weight is 279 g/mol. The topological polar surface area (TPSA) is 12.0 Å². The molecular weight excluding hydrogens is 250 g/mol. The van der Waals surface area contributed by atoms with Crippen LogP contribution >= 0.6 is 11.8 Å². The maximum atomic E-state index is 3.27. The first-order valence-corrected chi connectivity index (χ1v) is 8.66. The van der Waals surface area contributed by atoms with Gasteiger partial charge in [0.2, 0.25) is 0 Å². The van der Waals surface area contributed by atoms with Gasteiger partial charge in [-0.2, -0.15) is 0 Å². The van der Waals surface area contributed by atoms with Crippen molar-refractivity contribution in [3.8, 4) is 0 Å². The molecule has 0 aromatic heterocycles. The minimum atomic E-state index is 0.442. The van der Waals surface area contributed by atoms with E-state index in [-0.39, 0.29) is 0 Å². The third-order valence-electron chi connectivity index (χ3n) is 3.58. The van der Waals surface area contributed by atoms with Crippen LogP contribution in [-0.4, -0.2) is 12.8 Å². The van der Waals surface area contributed by atoms with E-state index in [1.54, 1.807) is 0 Å². The zero-order valence-corrected chi connectivity index (χ0v) is 13.6. The van der Waals surface area contributed by atoms with Crippen molar-refractivity contribution in [1.82, 2.24) is 5.32 Å². The highest BCUT2D eigenvalue weighted by molar-refractivity contribution is 7.99. The van der Waals surface area contributed by atoms with Crippen molar-refractivity contribution >= 4 is 11.8 Å². The fraction of sp³-hybridized carbons (Fsp3) is 0.647. The summed E-state index contributed by atoms with van der Waals surface area (Å²) in [5, 5.41) is 3.27. The second kappa shape index (κ2) is 10.3. The summed E-state index contributed by atoms with van der Waals surface area (Å²) in [5.74, 6) is 1.26. The van der Waals surface area contributed by atoms with Crippen molar-refractivity contribution in [2.75, 3.05) is 12.8 Å². The highest BCUT2D eigenvalue weighted by Crippen LogP contribution is 2.22. The maximum Gasteiger partial charge on any atom is 0.0289 e. The highest BCUT2D eigenvalue weighted by atomic mass is 32.2. The van der Waals surface area contributed by atoms with Gasteiger partial charge < -0.3 is 5.32 Å². The largest absolute Gasteiger partial charge is 0.313 e. The smallest absolute Gasteiger partial charge is 0.0289 e. The Kier molecular flexibility index (Phi) is 9.02. The number of thioether (sulfide) groups is 1. The predicted octanol–water partition coefficient (Wildman–Crippen LogP) is 5.42. The van der Waals surface area contributed by atoms with Gasteiger partial charge in [-0.3, -0.25) is 0 Å². The van der Waals surface area contributed by atoms with Gasteiger partial charge in [0.05, 0.1) is 0 Å². The molecule has 1 nitrogen and oxygen atoms in total. The van der Waals surface area contributed by atoms with Gasteiger partial charge in [-0.05, 0) is 43.8 Å². The SMILES string of the molecule is CCCCCCCCSc1ccc(C(C)NC)cc1. The molecule has 0 aliphatic carbocycles. The fourth-order valence-corrected chi connectivity index (χ4v) is 3.00. The van der Waals surface area contributed by atoms with Crippen molar-refractivity contribution in [3.63, 3.8) is 0 Å². The van der Waals surface area contributed by atoms with Gasteiger partial charge in [-0.15, -0.1) is 11.8 Å². The monoisotopic (exact) mass is 279 g/mol. The number of benzene rings is 1. The van der Waals surface area contributed by atoms with Crippen LogP contribution in [0.4, 0.5) is 0 Å². The molecule has 0 saturated carbocycles. The Morgan fingerprint density at radius 2 is 1.63 bits per heavy atom. The number of unbranched alkanes of at least 4 members (excludes halogenated alkanes) is 5. The standard InChI is InChI=1S/C17H29NS/c1-4-5-6-7-8-9-14-19-17-12-10-16(11-13-17)15(2)18-3/h10-13,15,18H,4-9,14H2,1-3H3. The molecule has 0 spiro atoms. The van der Waals surface area contributed by atoms with E-state index in [1.807, 2.05) is 18.8 Å². The first-order valence-electron chi connectivity index (χ1n) is 7.68.